The molecule has 2 saturated heterocycles. The Balaban J connectivity index is 1.10. The first-order valence-electron chi connectivity index (χ1n) is 17.3. The second kappa shape index (κ2) is 12.1. The van der Waals surface area contributed by atoms with Crippen LogP contribution in [0.25, 0.3) is 22.0 Å². The number of hydrogen-bond acceptors (Lipinski definition) is 8. The number of rotatable bonds is 8. The summed E-state index contributed by atoms with van der Waals surface area (Å²) in [5.74, 6) is 2.16. The number of ketones is 1. The third-order valence-electron chi connectivity index (χ3n) is 11.4. The van der Waals surface area contributed by atoms with E-state index in [2.05, 4.69) is 41.1 Å². The zero-order valence-electron chi connectivity index (χ0n) is 28.4. The van der Waals surface area contributed by atoms with Gasteiger partial charge in [-0.2, -0.15) is 5.10 Å². The van der Waals surface area contributed by atoms with Gasteiger partial charge in [-0.3, -0.25) is 19.1 Å². The first kappa shape index (κ1) is 32.2. The number of amides is 2. The molecule has 0 unspecified atom stereocenters. The van der Waals surface area contributed by atoms with Crippen LogP contribution < -0.4 is 5.32 Å². The highest BCUT2D eigenvalue weighted by Gasteiger charge is 2.67. The van der Waals surface area contributed by atoms with Gasteiger partial charge in [-0.1, -0.05) is 12.5 Å². The van der Waals surface area contributed by atoms with Gasteiger partial charge in [0.1, 0.15) is 34.5 Å². The van der Waals surface area contributed by atoms with Crippen molar-refractivity contribution in [2.75, 3.05) is 25.0 Å². The molecule has 4 aliphatic rings. The van der Waals surface area contributed by atoms with Crippen molar-refractivity contribution < 1.29 is 14.4 Å². The van der Waals surface area contributed by atoms with E-state index < -0.39 is 6.04 Å². The molecule has 3 aromatic heterocycles. The molecule has 0 radical (unpaired) electrons. The summed E-state index contributed by atoms with van der Waals surface area (Å²) in [7, 11) is 0. The largest absolute Gasteiger partial charge is 0.325 e. The Labute approximate surface area is 294 Å². The van der Waals surface area contributed by atoms with Crippen LogP contribution >= 0.6 is 15.9 Å². The van der Waals surface area contributed by atoms with Gasteiger partial charge in [-0.15, -0.1) is 0 Å². The third kappa shape index (κ3) is 5.76. The second-order valence-electron chi connectivity index (χ2n) is 14.8. The van der Waals surface area contributed by atoms with Gasteiger partial charge in [0.05, 0.1) is 5.52 Å². The molecule has 1 N–H and O–H groups in total. The van der Waals surface area contributed by atoms with Crippen LogP contribution in [0, 0.1) is 38.0 Å². The van der Waals surface area contributed by atoms with Crippen LogP contribution in [0.2, 0.25) is 0 Å². The van der Waals surface area contributed by atoms with Gasteiger partial charge < -0.3 is 15.1 Å². The molecule has 2 aliphatic heterocycles. The zero-order chi connectivity index (χ0) is 34.2. The molecule has 49 heavy (non-hydrogen) atoms. The Morgan fingerprint density at radius 1 is 0.980 bits per heavy atom. The van der Waals surface area contributed by atoms with Crippen molar-refractivity contribution in [2.24, 2.45) is 17.3 Å². The number of piperidine rings is 1. The van der Waals surface area contributed by atoms with Crippen molar-refractivity contribution in [3.63, 3.8) is 0 Å². The third-order valence-corrected chi connectivity index (χ3v) is 11.9. The highest BCUT2D eigenvalue weighted by molar-refractivity contribution is 9.10. The Morgan fingerprint density at radius 2 is 1.71 bits per heavy atom. The van der Waals surface area contributed by atoms with E-state index in [4.69, 9.17) is 5.10 Å². The highest BCUT2D eigenvalue weighted by atomic mass is 79.9. The zero-order valence-corrected chi connectivity index (χ0v) is 30.0. The summed E-state index contributed by atoms with van der Waals surface area (Å²) in [4.78, 5) is 59.0. The SMILES string of the molecule is CC(=O)c1nn(CC(=O)N2[C@H](C(=O)Nc3nc(Br)ccc3C)C[C@@]3(CN4C[C@@H]5CCC[C@H]5C4)C[C@@H]23)c2c(C)cc(-c3cnc(C)nc3)cc12. The van der Waals surface area contributed by atoms with Crippen molar-refractivity contribution in [3.05, 3.63) is 63.9 Å². The first-order chi connectivity index (χ1) is 23.5. The van der Waals surface area contributed by atoms with Crippen LogP contribution in [-0.2, 0) is 16.1 Å². The summed E-state index contributed by atoms with van der Waals surface area (Å²) >= 11 is 3.42. The summed E-state index contributed by atoms with van der Waals surface area (Å²) in [6.07, 6.45) is 9.00. The molecule has 1 aromatic carbocycles. The Hall–Kier alpha value is -4.03. The van der Waals surface area contributed by atoms with Gasteiger partial charge in [0.25, 0.3) is 0 Å². The van der Waals surface area contributed by atoms with Gasteiger partial charge in [0.2, 0.25) is 11.8 Å². The van der Waals surface area contributed by atoms with Crippen LogP contribution in [0.5, 0.6) is 0 Å². The fraction of sp³-hybridized carbons (Fsp3) is 0.486. The molecule has 4 aromatic rings. The minimum Gasteiger partial charge on any atom is -0.325 e. The van der Waals surface area contributed by atoms with Crippen LogP contribution in [0.15, 0.2) is 41.3 Å². The van der Waals surface area contributed by atoms with E-state index in [1.54, 1.807) is 17.1 Å². The minimum absolute atomic E-state index is 0.0175. The molecule has 2 amide bonds. The summed E-state index contributed by atoms with van der Waals surface area (Å²) in [6, 6.07) is 7.04. The minimum atomic E-state index is -0.628. The van der Waals surface area contributed by atoms with Crippen molar-refractivity contribution in [2.45, 2.75) is 78.4 Å². The standard InChI is InChI=1S/C37H41BrN8O3/c1-20-8-9-31(38)41-35(20)42-36(49)29-12-37(19-44-16-24-6-5-7-25(24)17-44)13-30(37)46(29)32(48)18-45-34-21(2)10-26(27-14-39-23(4)40-15-27)11-28(34)33(43-45)22(3)47/h8-11,14-15,24-25,29-30H,5-7,12-13,16-19H2,1-4H3,(H,41,42,49)/t24-,25-,29-,30+,37-/m0/s1. The average molecular weight is 726 g/mol. The lowest BCUT2D eigenvalue weighted by Crippen LogP contribution is -2.47. The molecule has 254 valence electrons. The number of carbonyl (C=O) groups excluding carboxylic acids is 3. The number of aryl methyl sites for hydroxylation is 3. The molecule has 11 nitrogen and oxygen atoms in total. The van der Waals surface area contributed by atoms with Crippen LogP contribution in [0.1, 0.15) is 66.5 Å². The topological polar surface area (TPSA) is 126 Å². The van der Waals surface area contributed by atoms with E-state index in [1.165, 1.54) is 26.2 Å². The fourth-order valence-electron chi connectivity index (χ4n) is 9.00. The van der Waals surface area contributed by atoms with Crippen molar-refractivity contribution >= 4 is 50.2 Å². The summed E-state index contributed by atoms with van der Waals surface area (Å²) in [6.45, 7) is 10.3. The molecule has 12 heteroatoms. The number of aromatic nitrogens is 5. The van der Waals surface area contributed by atoms with E-state index in [9.17, 15) is 14.4 Å². The predicted molar refractivity (Wildman–Crippen MR) is 189 cm³/mol. The van der Waals surface area contributed by atoms with E-state index in [1.807, 2.05) is 49.9 Å². The summed E-state index contributed by atoms with van der Waals surface area (Å²) in [5, 5.41) is 8.43. The maximum Gasteiger partial charge on any atom is 0.248 e. The van der Waals surface area contributed by atoms with E-state index >= 15 is 0 Å². The number of pyridine rings is 1. The molecule has 2 aliphatic carbocycles. The quantitative estimate of drug-likeness (QED) is 0.186. The van der Waals surface area contributed by atoms with E-state index in [0.717, 1.165) is 65.7 Å². The lowest BCUT2D eigenvalue weighted by molar-refractivity contribution is -0.138. The molecule has 5 atom stereocenters. The Kier molecular flexibility index (Phi) is 7.94. The van der Waals surface area contributed by atoms with Crippen molar-refractivity contribution in [3.8, 4) is 11.1 Å². The number of benzene rings is 1. The van der Waals surface area contributed by atoms with Gasteiger partial charge in [-0.25, -0.2) is 15.0 Å². The molecule has 8 rings (SSSR count). The summed E-state index contributed by atoms with van der Waals surface area (Å²) in [5.41, 5.74) is 4.38. The number of nitrogens with zero attached hydrogens (tertiary/aromatic N) is 7. The maximum absolute atomic E-state index is 14.5. The van der Waals surface area contributed by atoms with E-state index in [0.29, 0.717) is 33.7 Å². The number of fused-ring (bicyclic) bond motifs is 3. The van der Waals surface area contributed by atoms with E-state index in [-0.39, 0.29) is 35.6 Å². The average Bonchev–Trinajstić information content (AvgIpc) is 3.46. The first-order valence-corrected chi connectivity index (χ1v) is 18.1. The number of halogens is 1. The molecular weight excluding hydrogens is 684 g/mol. The van der Waals surface area contributed by atoms with Gasteiger partial charge in [0, 0.05) is 61.4 Å². The number of hydrogen-bond donors (Lipinski definition) is 1. The smallest absolute Gasteiger partial charge is 0.248 e. The van der Waals surface area contributed by atoms with Gasteiger partial charge >= 0.3 is 0 Å². The molecule has 0 bridgehead atoms. The van der Waals surface area contributed by atoms with Crippen molar-refractivity contribution in [1.29, 1.82) is 0 Å². The molecule has 0 spiro atoms. The lowest BCUT2D eigenvalue weighted by Gasteiger charge is -2.27. The highest BCUT2D eigenvalue weighted by Crippen LogP contribution is 2.60. The monoisotopic (exact) mass is 724 g/mol. The van der Waals surface area contributed by atoms with Crippen LogP contribution in [-0.4, -0.2) is 83.8 Å². The van der Waals surface area contributed by atoms with Gasteiger partial charge in [0.15, 0.2) is 5.78 Å². The Bertz CT molecular complexity index is 2000. The van der Waals surface area contributed by atoms with Crippen LogP contribution in [0.3, 0.4) is 0 Å². The molecule has 5 heterocycles. The number of carbonyl (C=O) groups is 3. The Morgan fingerprint density at radius 3 is 2.43 bits per heavy atom. The number of Topliss-reactive ketones (excluding diaryl/α,β-unsaturated/α-hetero) is 1. The predicted octanol–water partition coefficient (Wildman–Crippen LogP) is 5.51. The van der Waals surface area contributed by atoms with Gasteiger partial charge in [-0.05, 0) is 109 Å². The normalized spacial score (nSPS) is 25.9. The molecular formula is C37H41BrN8O3. The molecule has 4 fully saturated rings. The number of anilines is 1. The van der Waals surface area contributed by atoms with Crippen LogP contribution in [0.4, 0.5) is 5.82 Å². The fourth-order valence-corrected chi connectivity index (χ4v) is 9.31. The summed E-state index contributed by atoms with van der Waals surface area (Å²) < 4.78 is 2.28. The van der Waals surface area contributed by atoms with Crippen molar-refractivity contribution in [1.82, 2.24) is 34.5 Å². The number of nitrogens with one attached hydrogen (secondary N) is 1. The maximum atomic E-state index is 14.5. The second-order valence-corrected chi connectivity index (χ2v) is 15.6. The number of likely N-dealkylation sites (tertiary alicyclic amines) is 2. The molecule has 2 saturated carbocycles. The lowest BCUT2D eigenvalue weighted by atomic mass is 9.98.